The largest absolute Gasteiger partial charge is 0.497 e. The van der Waals surface area contributed by atoms with Gasteiger partial charge in [-0.15, -0.1) is 0 Å². The standard InChI is InChI=1S/C24H32N4O5/c1-24(18-8-10-19(33-2)11-9-18)22(31)28(23(32)25-24)16-20(29)27-14-6-7-17(15-27)21(30)26-12-4-3-5-13-26/h8-11,17H,3-7,12-16H2,1-2H3,(H,25,32). The van der Waals surface area contributed by atoms with E-state index in [2.05, 4.69) is 5.32 Å². The molecule has 0 aromatic heterocycles. The summed E-state index contributed by atoms with van der Waals surface area (Å²) in [5.41, 5.74) is -0.639. The molecule has 3 fully saturated rings. The van der Waals surface area contributed by atoms with E-state index >= 15 is 0 Å². The van der Waals surface area contributed by atoms with Crippen LogP contribution in [0.5, 0.6) is 5.75 Å². The second-order valence-corrected chi connectivity index (χ2v) is 9.24. The first kappa shape index (κ1) is 23.1. The summed E-state index contributed by atoms with van der Waals surface area (Å²) in [5, 5.41) is 2.73. The van der Waals surface area contributed by atoms with Crippen molar-refractivity contribution in [2.45, 2.75) is 44.6 Å². The number of nitrogens with one attached hydrogen (secondary N) is 1. The molecule has 33 heavy (non-hydrogen) atoms. The van der Waals surface area contributed by atoms with E-state index in [9.17, 15) is 19.2 Å². The maximum atomic E-state index is 13.2. The lowest BCUT2D eigenvalue weighted by atomic mass is 9.92. The number of hydrogen-bond acceptors (Lipinski definition) is 5. The third-order valence-corrected chi connectivity index (χ3v) is 7.03. The molecule has 3 aliphatic heterocycles. The first-order valence-corrected chi connectivity index (χ1v) is 11.7. The van der Waals surface area contributed by atoms with Crippen LogP contribution in [0.2, 0.25) is 0 Å². The van der Waals surface area contributed by atoms with Crippen LogP contribution in [0.25, 0.3) is 0 Å². The number of piperidine rings is 2. The number of carbonyl (C=O) groups is 4. The summed E-state index contributed by atoms with van der Waals surface area (Å²) in [6.45, 7) is 3.75. The van der Waals surface area contributed by atoms with Crippen LogP contribution in [-0.2, 0) is 19.9 Å². The number of urea groups is 1. The van der Waals surface area contributed by atoms with Crippen molar-refractivity contribution in [3.63, 3.8) is 0 Å². The Balaban J connectivity index is 1.40. The van der Waals surface area contributed by atoms with Crippen LogP contribution >= 0.6 is 0 Å². The predicted octanol–water partition coefficient (Wildman–Crippen LogP) is 1.71. The summed E-state index contributed by atoms with van der Waals surface area (Å²) >= 11 is 0. The Kier molecular flexibility index (Phi) is 6.58. The van der Waals surface area contributed by atoms with E-state index in [1.54, 1.807) is 43.2 Å². The molecule has 1 N–H and O–H groups in total. The molecule has 0 aliphatic carbocycles. The van der Waals surface area contributed by atoms with E-state index in [1.165, 1.54) is 0 Å². The molecule has 4 rings (SSSR count). The Morgan fingerprint density at radius 1 is 1.03 bits per heavy atom. The minimum atomic E-state index is -1.25. The first-order valence-electron chi connectivity index (χ1n) is 11.7. The highest BCUT2D eigenvalue weighted by molar-refractivity contribution is 6.09. The molecule has 3 heterocycles. The van der Waals surface area contributed by atoms with Crippen LogP contribution < -0.4 is 10.1 Å². The average molecular weight is 457 g/mol. The first-order chi connectivity index (χ1) is 15.8. The SMILES string of the molecule is COc1ccc(C2(C)NC(=O)N(CC(=O)N3CCCC(C(=O)N4CCCCC4)C3)C2=O)cc1. The highest BCUT2D eigenvalue weighted by Gasteiger charge is 2.50. The number of rotatable bonds is 5. The van der Waals surface area contributed by atoms with Crippen LogP contribution in [0.3, 0.4) is 0 Å². The molecule has 0 radical (unpaired) electrons. The number of nitrogens with zero attached hydrogens (tertiary/aromatic N) is 3. The van der Waals surface area contributed by atoms with Gasteiger partial charge in [0.05, 0.1) is 13.0 Å². The second-order valence-electron chi connectivity index (χ2n) is 9.24. The number of hydrogen-bond donors (Lipinski definition) is 1. The summed E-state index contributed by atoms with van der Waals surface area (Å²) in [5.74, 6) is -0.231. The number of benzene rings is 1. The fourth-order valence-electron chi connectivity index (χ4n) is 4.97. The predicted molar refractivity (Wildman–Crippen MR) is 120 cm³/mol. The van der Waals surface area contributed by atoms with E-state index < -0.39 is 17.5 Å². The molecule has 9 nitrogen and oxygen atoms in total. The van der Waals surface area contributed by atoms with Crippen LogP contribution in [0.15, 0.2) is 24.3 Å². The molecular weight excluding hydrogens is 424 g/mol. The zero-order valence-corrected chi connectivity index (χ0v) is 19.3. The molecule has 9 heteroatoms. The normalized spacial score (nSPS) is 25.8. The smallest absolute Gasteiger partial charge is 0.325 e. The van der Waals surface area contributed by atoms with Crippen LogP contribution in [0.1, 0.15) is 44.6 Å². The number of amides is 5. The highest BCUT2D eigenvalue weighted by atomic mass is 16.5. The van der Waals surface area contributed by atoms with Crippen molar-refractivity contribution in [1.29, 1.82) is 0 Å². The minimum Gasteiger partial charge on any atom is -0.497 e. The summed E-state index contributed by atoms with van der Waals surface area (Å²) < 4.78 is 5.16. The third-order valence-electron chi connectivity index (χ3n) is 7.03. The molecule has 3 aliphatic rings. The zero-order valence-electron chi connectivity index (χ0n) is 19.3. The number of ether oxygens (including phenoxy) is 1. The molecule has 1 aromatic rings. The van der Waals surface area contributed by atoms with Gasteiger partial charge in [0.2, 0.25) is 11.8 Å². The number of likely N-dealkylation sites (tertiary alicyclic amines) is 2. The van der Waals surface area contributed by atoms with Crippen molar-refractivity contribution in [3.8, 4) is 5.75 Å². The quantitative estimate of drug-likeness (QED) is 0.680. The van der Waals surface area contributed by atoms with Gasteiger partial charge >= 0.3 is 6.03 Å². The fourth-order valence-corrected chi connectivity index (χ4v) is 4.97. The van der Waals surface area contributed by atoms with Crippen molar-refractivity contribution < 1.29 is 23.9 Å². The maximum absolute atomic E-state index is 13.2. The molecule has 0 spiro atoms. The van der Waals surface area contributed by atoms with Crippen molar-refractivity contribution >= 4 is 23.8 Å². The monoisotopic (exact) mass is 456 g/mol. The maximum Gasteiger partial charge on any atom is 0.325 e. The zero-order chi connectivity index (χ0) is 23.6. The summed E-state index contributed by atoms with van der Waals surface area (Å²) in [6, 6.07) is 6.31. The van der Waals surface area contributed by atoms with Crippen LogP contribution in [-0.4, -0.2) is 78.3 Å². The van der Waals surface area contributed by atoms with Gasteiger partial charge in [-0.25, -0.2) is 4.79 Å². The van der Waals surface area contributed by atoms with Crippen molar-refractivity contribution in [1.82, 2.24) is 20.0 Å². The lowest BCUT2D eigenvalue weighted by Gasteiger charge is -2.36. The van der Waals surface area contributed by atoms with Crippen LogP contribution in [0, 0.1) is 5.92 Å². The molecule has 2 unspecified atom stereocenters. The molecule has 0 bridgehead atoms. The third kappa shape index (κ3) is 4.54. The topological polar surface area (TPSA) is 99.3 Å². The molecule has 3 saturated heterocycles. The Morgan fingerprint density at radius 2 is 1.70 bits per heavy atom. The van der Waals surface area contributed by atoms with Gasteiger partial charge in [0.1, 0.15) is 17.8 Å². The highest BCUT2D eigenvalue weighted by Crippen LogP contribution is 2.30. The van der Waals surface area contributed by atoms with Crippen molar-refractivity contribution in [3.05, 3.63) is 29.8 Å². The van der Waals surface area contributed by atoms with Gasteiger partial charge in [0.15, 0.2) is 0 Å². The molecular formula is C24H32N4O5. The number of carbonyl (C=O) groups excluding carboxylic acids is 4. The summed E-state index contributed by atoms with van der Waals surface area (Å²) in [6.07, 6.45) is 4.71. The second kappa shape index (κ2) is 9.41. The Bertz CT molecular complexity index is 927. The number of imide groups is 1. The van der Waals surface area contributed by atoms with Gasteiger partial charge < -0.3 is 19.9 Å². The van der Waals surface area contributed by atoms with E-state index in [4.69, 9.17) is 4.74 Å². The van der Waals surface area contributed by atoms with Gasteiger partial charge in [0, 0.05) is 26.2 Å². The Hall–Kier alpha value is -3.10. The van der Waals surface area contributed by atoms with Gasteiger partial charge in [-0.3, -0.25) is 19.3 Å². The average Bonchev–Trinajstić information content (AvgIpc) is 3.08. The van der Waals surface area contributed by atoms with E-state index in [1.807, 2.05) is 4.90 Å². The minimum absolute atomic E-state index is 0.120. The van der Waals surface area contributed by atoms with E-state index in [0.717, 1.165) is 50.1 Å². The number of methoxy groups -OCH3 is 1. The van der Waals surface area contributed by atoms with Crippen molar-refractivity contribution in [2.24, 2.45) is 5.92 Å². The summed E-state index contributed by atoms with van der Waals surface area (Å²) in [4.78, 5) is 56.3. The lowest BCUT2D eigenvalue weighted by Crippen LogP contribution is -2.50. The Labute approximate surface area is 194 Å². The molecule has 2 atom stereocenters. The van der Waals surface area contributed by atoms with Crippen LogP contribution in [0.4, 0.5) is 4.79 Å². The van der Waals surface area contributed by atoms with E-state index in [0.29, 0.717) is 24.4 Å². The molecule has 5 amide bonds. The molecule has 178 valence electrons. The van der Waals surface area contributed by atoms with Gasteiger partial charge in [-0.2, -0.15) is 0 Å². The van der Waals surface area contributed by atoms with Gasteiger partial charge in [-0.05, 0) is 56.7 Å². The van der Waals surface area contributed by atoms with Gasteiger partial charge in [-0.1, -0.05) is 12.1 Å². The van der Waals surface area contributed by atoms with Gasteiger partial charge in [0.25, 0.3) is 5.91 Å². The molecule has 1 aromatic carbocycles. The summed E-state index contributed by atoms with van der Waals surface area (Å²) in [7, 11) is 1.55. The Morgan fingerprint density at radius 3 is 2.36 bits per heavy atom. The molecule has 0 saturated carbocycles. The fraction of sp³-hybridized carbons (Fsp3) is 0.583. The van der Waals surface area contributed by atoms with E-state index in [-0.39, 0.29) is 24.3 Å². The van der Waals surface area contributed by atoms with Crippen molar-refractivity contribution in [2.75, 3.05) is 39.8 Å². The lowest BCUT2D eigenvalue weighted by molar-refractivity contribution is -0.144.